The molecule has 5 heteroatoms. The molecule has 1 aliphatic heterocycles. The molecule has 3 rings (SSSR count). The summed E-state index contributed by atoms with van der Waals surface area (Å²) in [5.74, 6) is -0.103. The molecule has 1 amide bonds. The summed E-state index contributed by atoms with van der Waals surface area (Å²) in [6.07, 6.45) is 0.273. The Labute approximate surface area is 123 Å². The van der Waals surface area contributed by atoms with Crippen LogP contribution in [0.1, 0.15) is 5.56 Å². The molecule has 0 bridgehead atoms. The minimum atomic E-state index is -3.28. The van der Waals surface area contributed by atoms with E-state index in [0.717, 1.165) is 5.56 Å². The molecule has 0 spiro atoms. The van der Waals surface area contributed by atoms with E-state index < -0.39 is 9.84 Å². The highest BCUT2D eigenvalue weighted by molar-refractivity contribution is 7.91. The van der Waals surface area contributed by atoms with Crippen LogP contribution in [0.15, 0.2) is 59.5 Å². The summed E-state index contributed by atoms with van der Waals surface area (Å²) in [5.41, 5.74) is 1.41. The quantitative estimate of drug-likeness (QED) is 0.853. The van der Waals surface area contributed by atoms with Gasteiger partial charge in [0, 0.05) is 6.54 Å². The van der Waals surface area contributed by atoms with Crippen LogP contribution in [0.4, 0.5) is 5.69 Å². The van der Waals surface area contributed by atoms with Crippen LogP contribution in [0, 0.1) is 0 Å². The van der Waals surface area contributed by atoms with Gasteiger partial charge in [0.15, 0.2) is 9.84 Å². The third-order valence-electron chi connectivity index (χ3n) is 3.57. The van der Waals surface area contributed by atoms with Crippen molar-refractivity contribution in [2.24, 2.45) is 0 Å². The first kappa shape index (κ1) is 13.8. The maximum Gasteiger partial charge on any atom is 0.231 e. The van der Waals surface area contributed by atoms with Crippen LogP contribution in [0.2, 0.25) is 0 Å². The van der Waals surface area contributed by atoms with E-state index in [2.05, 4.69) is 0 Å². The summed E-state index contributed by atoms with van der Waals surface area (Å²) in [7, 11) is -3.28. The van der Waals surface area contributed by atoms with Gasteiger partial charge in [-0.1, -0.05) is 42.5 Å². The van der Waals surface area contributed by atoms with Gasteiger partial charge in [0.05, 0.1) is 22.8 Å². The van der Waals surface area contributed by atoms with Gasteiger partial charge in [0.1, 0.15) is 0 Å². The highest BCUT2D eigenvalue weighted by Gasteiger charge is 2.30. The first-order valence-electron chi connectivity index (χ1n) is 6.74. The van der Waals surface area contributed by atoms with Crippen molar-refractivity contribution in [3.63, 3.8) is 0 Å². The van der Waals surface area contributed by atoms with Crippen molar-refractivity contribution in [1.82, 2.24) is 0 Å². The van der Waals surface area contributed by atoms with E-state index in [4.69, 9.17) is 0 Å². The Hall–Kier alpha value is -2.14. The zero-order valence-corrected chi connectivity index (χ0v) is 12.2. The van der Waals surface area contributed by atoms with Crippen molar-refractivity contribution >= 4 is 21.4 Å². The Morgan fingerprint density at radius 1 is 1.00 bits per heavy atom. The van der Waals surface area contributed by atoms with Gasteiger partial charge < -0.3 is 4.90 Å². The fourth-order valence-electron chi connectivity index (χ4n) is 2.51. The van der Waals surface area contributed by atoms with Crippen LogP contribution < -0.4 is 4.90 Å². The second kappa shape index (κ2) is 5.33. The average molecular weight is 301 g/mol. The minimum absolute atomic E-state index is 0.0233. The molecule has 0 N–H and O–H groups in total. The zero-order valence-electron chi connectivity index (χ0n) is 11.4. The maximum absolute atomic E-state index is 12.5. The smallest absolute Gasteiger partial charge is 0.231 e. The summed E-state index contributed by atoms with van der Waals surface area (Å²) >= 11 is 0. The molecular weight excluding hydrogens is 286 g/mol. The van der Waals surface area contributed by atoms with Crippen LogP contribution in [0.5, 0.6) is 0 Å². The minimum Gasteiger partial charge on any atom is -0.310 e. The lowest BCUT2D eigenvalue weighted by molar-refractivity contribution is -0.118. The molecule has 0 aliphatic carbocycles. The third kappa shape index (κ3) is 2.69. The SMILES string of the molecule is O=C(Cc1ccccc1)N1CCS(=O)(=O)c2ccccc21. The normalized spacial score (nSPS) is 16.3. The molecule has 2 aromatic rings. The first-order chi connectivity index (χ1) is 10.1. The largest absolute Gasteiger partial charge is 0.310 e. The maximum atomic E-state index is 12.5. The first-order valence-corrected chi connectivity index (χ1v) is 8.39. The predicted octanol–water partition coefficient (Wildman–Crippen LogP) is 2.05. The summed E-state index contributed by atoms with van der Waals surface area (Å²) in [6, 6.07) is 16.1. The third-order valence-corrected chi connectivity index (χ3v) is 5.31. The van der Waals surface area contributed by atoms with Crippen molar-refractivity contribution < 1.29 is 13.2 Å². The number of sulfone groups is 1. The molecule has 0 saturated carbocycles. The average Bonchev–Trinajstić information content (AvgIpc) is 2.48. The van der Waals surface area contributed by atoms with Gasteiger partial charge in [-0.15, -0.1) is 0 Å². The summed E-state index contributed by atoms with van der Waals surface area (Å²) in [5, 5.41) is 0. The summed E-state index contributed by atoms with van der Waals surface area (Å²) < 4.78 is 24.1. The molecule has 4 nitrogen and oxygen atoms in total. The molecule has 1 aliphatic rings. The topological polar surface area (TPSA) is 54.5 Å². The van der Waals surface area contributed by atoms with Gasteiger partial charge in [0.2, 0.25) is 5.91 Å². The molecular formula is C16H15NO3S. The van der Waals surface area contributed by atoms with Crippen molar-refractivity contribution in [3.8, 4) is 0 Å². The lowest BCUT2D eigenvalue weighted by atomic mass is 10.1. The van der Waals surface area contributed by atoms with Gasteiger partial charge >= 0.3 is 0 Å². The Bertz CT molecular complexity index is 769. The number of rotatable bonds is 2. The number of nitrogens with zero attached hydrogens (tertiary/aromatic N) is 1. The van der Waals surface area contributed by atoms with Gasteiger partial charge in [-0.05, 0) is 17.7 Å². The van der Waals surface area contributed by atoms with Crippen LogP contribution in [-0.2, 0) is 21.1 Å². The number of hydrogen-bond acceptors (Lipinski definition) is 3. The number of para-hydroxylation sites is 1. The van der Waals surface area contributed by atoms with Crippen LogP contribution in [0.25, 0.3) is 0 Å². The fourth-order valence-corrected chi connectivity index (χ4v) is 3.94. The van der Waals surface area contributed by atoms with E-state index in [9.17, 15) is 13.2 Å². The second-order valence-electron chi connectivity index (χ2n) is 4.99. The molecule has 0 fully saturated rings. The van der Waals surface area contributed by atoms with Gasteiger partial charge in [0.25, 0.3) is 0 Å². The lowest BCUT2D eigenvalue weighted by Gasteiger charge is -2.29. The highest BCUT2D eigenvalue weighted by Crippen LogP contribution is 2.30. The van der Waals surface area contributed by atoms with E-state index in [0.29, 0.717) is 5.69 Å². The molecule has 108 valence electrons. The second-order valence-corrected chi connectivity index (χ2v) is 7.07. The molecule has 21 heavy (non-hydrogen) atoms. The number of amides is 1. The predicted molar refractivity (Wildman–Crippen MR) is 81.0 cm³/mol. The molecule has 0 saturated heterocycles. The number of fused-ring (bicyclic) bond motifs is 1. The van der Waals surface area contributed by atoms with E-state index in [1.54, 1.807) is 29.2 Å². The molecule has 0 radical (unpaired) electrons. The Morgan fingerprint density at radius 2 is 1.67 bits per heavy atom. The zero-order chi connectivity index (χ0) is 14.9. The van der Waals surface area contributed by atoms with Crippen molar-refractivity contribution in [2.75, 3.05) is 17.2 Å². The molecule has 0 unspecified atom stereocenters. The van der Waals surface area contributed by atoms with E-state index in [1.165, 1.54) is 0 Å². The van der Waals surface area contributed by atoms with Gasteiger partial charge in [-0.2, -0.15) is 0 Å². The molecule has 0 aromatic heterocycles. The van der Waals surface area contributed by atoms with Crippen LogP contribution >= 0.6 is 0 Å². The Balaban J connectivity index is 1.92. The monoisotopic (exact) mass is 301 g/mol. The Kier molecular flexibility index (Phi) is 3.51. The summed E-state index contributed by atoms with van der Waals surface area (Å²) in [6.45, 7) is 0.213. The van der Waals surface area contributed by atoms with Crippen LogP contribution in [0.3, 0.4) is 0 Å². The van der Waals surface area contributed by atoms with Gasteiger partial charge in [-0.3, -0.25) is 4.79 Å². The van der Waals surface area contributed by atoms with Gasteiger partial charge in [-0.25, -0.2) is 8.42 Å². The summed E-state index contributed by atoms with van der Waals surface area (Å²) in [4.78, 5) is 14.3. The highest BCUT2D eigenvalue weighted by atomic mass is 32.2. The number of carbonyl (C=O) groups is 1. The van der Waals surface area contributed by atoms with Crippen molar-refractivity contribution in [2.45, 2.75) is 11.3 Å². The van der Waals surface area contributed by atoms with E-state index in [-0.39, 0.29) is 29.5 Å². The van der Waals surface area contributed by atoms with Crippen LogP contribution in [-0.4, -0.2) is 26.6 Å². The molecule has 0 atom stereocenters. The molecule has 2 aromatic carbocycles. The van der Waals surface area contributed by atoms with Crippen molar-refractivity contribution in [3.05, 3.63) is 60.2 Å². The van der Waals surface area contributed by atoms with E-state index >= 15 is 0 Å². The number of carbonyl (C=O) groups excluding carboxylic acids is 1. The number of hydrogen-bond donors (Lipinski definition) is 0. The lowest BCUT2D eigenvalue weighted by Crippen LogP contribution is -2.40. The van der Waals surface area contributed by atoms with Crippen molar-refractivity contribution in [1.29, 1.82) is 0 Å². The standard InChI is InChI=1S/C16H15NO3S/c18-16(12-13-6-2-1-3-7-13)17-10-11-21(19,20)15-9-5-4-8-14(15)17/h1-9H,10-12H2. The molecule has 1 heterocycles. The van der Waals surface area contributed by atoms with E-state index in [1.807, 2.05) is 30.3 Å². The number of benzene rings is 2. The number of anilines is 1. The fraction of sp³-hybridized carbons (Fsp3) is 0.188. The Morgan fingerprint density at radius 3 is 2.43 bits per heavy atom.